The molecule has 0 aromatic carbocycles. The Morgan fingerprint density at radius 1 is 1.15 bits per heavy atom. The molecule has 0 amide bonds. The van der Waals surface area contributed by atoms with Gasteiger partial charge in [0.1, 0.15) is 11.6 Å². The minimum Gasteiger partial charge on any atom is -0.354 e. The maximum absolute atomic E-state index is 13.0. The summed E-state index contributed by atoms with van der Waals surface area (Å²) in [5, 5.41) is 0.750. The smallest absolute Gasteiger partial charge is 0.190 e. The Hall–Kier alpha value is -1.14. The number of thioether (sulfide) groups is 1. The molecule has 0 unspecified atom stereocenters. The van der Waals surface area contributed by atoms with Crippen molar-refractivity contribution in [3.63, 3.8) is 0 Å². The SMILES string of the molecule is Cc1cc(N2CCN(C)CC2)nc(S[C@@H]2C(=O)[C@H]3CC[C@@]2(C)C3(C)C)n1. The van der Waals surface area contributed by atoms with Gasteiger partial charge < -0.3 is 9.80 Å². The molecule has 1 aromatic heterocycles. The van der Waals surface area contributed by atoms with Crippen LogP contribution in [0, 0.1) is 23.7 Å². The molecule has 2 saturated carbocycles. The Morgan fingerprint density at radius 2 is 1.85 bits per heavy atom. The lowest BCUT2D eigenvalue weighted by Crippen LogP contribution is -2.45. The van der Waals surface area contributed by atoms with E-state index >= 15 is 0 Å². The minimum atomic E-state index is -0.0154. The van der Waals surface area contributed by atoms with Gasteiger partial charge in [0, 0.05) is 43.9 Å². The number of ketones is 1. The van der Waals surface area contributed by atoms with Crippen molar-refractivity contribution in [3.8, 4) is 0 Å². The molecule has 6 heteroatoms. The highest BCUT2D eigenvalue weighted by Gasteiger charge is 2.66. The molecule has 142 valence electrons. The molecule has 4 rings (SSSR count). The topological polar surface area (TPSA) is 49.3 Å². The number of aryl methyl sites for hydroxylation is 1. The lowest BCUT2D eigenvalue weighted by Gasteiger charge is -2.37. The van der Waals surface area contributed by atoms with E-state index in [0.717, 1.165) is 55.7 Å². The first kappa shape index (κ1) is 18.2. The molecule has 3 atom stereocenters. The molecule has 3 aliphatic rings. The normalized spacial score (nSPS) is 33.9. The zero-order valence-electron chi connectivity index (χ0n) is 16.6. The quantitative estimate of drug-likeness (QED) is 0.758. The van der Waals surface area contributed by atoms with E-state index in [1.54, 1.807) is 11.8 Å². The molecule has 1 saturated heterocycles. The molecule has 1 aromatic rings. The molecule has 0 spiro atoms. The fourth-order valence-corrected chi connectivity index (χ4v) is 6.57. The van der Waals surface area contributed by atoms with Crippen LogP contribution in [0.1, 0.15) is 39.3 Å². The van der Waals surface area contributed by atoms with Crippen molar-refractivity contribution < 1.29 is 4.79 Å². The van der Waals surface area contributed by atoms with Crippen LogP contribution in [0.3, 0.4) is 0 Å². The minimum absolute atomic E-state index is 0.0154. The number of aromatic nitrogens is 2. The van der Waals surface area contributed by atoms with Crippen molar-refractivity contribution in [1.29, 1.82) is 0 Å². The first-order valence-corrected chi connectivity index (χ1v) is 10.6. The number of nitrogens with zero attached hydrogens (tertiary/aromatic N) is 4. The number of rotatable bonds is 3. The standard InChI is InChI=1S/C20H30N4OS/c1-13-12-15(24-10-8-23(5)9-11-24)22-18(21-13)26-17-16(25)14-6-7-20(17,4)19(14,2)3/h12,14,17H,6-11H2,1-5H3/t14-,17-,20-/m1/s1. The summed E-state index contributed by atoms with van der Waals surface area (Å²) in [6, 6.07) is 2.07. The van der Waals surface area contributed by atoms with Gasteiger partial charge in [-0.3, -0.25) is 4.79 Å². The molecular weight excluding hydrogens is 344 g/mol. The predicted molar refractivity (Wildman–Crippen MR) is 106 cm³/mol. The summed E-state index contributed by atoms with van der Waals surface area (Å²) in [5.74, 6) is 1.63. The zero-order chi connectivity index (χ0) is 18.7. The number of likely N-dealkylation sites (N-methyl/N-ethyl adjacent to an activating group) is 1. The van der Waals surface area contributed by atoms with Crippen molar-refractivity contribution in [3.05, 3.63) is 11.8 Å². The summed E-state index contributed by atoms with van der Waals surface area (Å²) < 4.78 is 0. The second-order valence-electron chi connectivity index (χ2n) is 9.07. The first-order chi connectivity index (χ1) is 12.2. The summed E-state index contributed by atoms with van der Waals surface area (Å²) in [4.78, 5) is 27.2. The Bertz CT molecular complexity index is 729. The number of fused-ring (bicyclic) bond motifs is 2. The van der Waals surface area contributed by atoms with Crippen molar-refractivity contribution in [1.82, 2.24) is 14.9 Å². The van der Waals surface area contributed by atoms with Crippen LogP contribution in [-0.4, -0.2) is 59.1 Å². The van der Waals surface area contributed by atoms with E-state index in [4.69, 9.17) is 4.98 Å². The Balaban J connectivity index is 1.58. The lowest BCUT2D eigenvalue weighted by atomic mass is 9.71. The molecule has 5 nitrogen and oxygen atoms in total. The lowest BCUT2D eigenvalue weighted by molar-refractivity contribution is -0.122. The highest BCUT2D eigenvalue weighted by atomic mass is 32.2. The maximum atomic E-state index is 13.0. The van der Waals surface area contributed by atoms with Gasteiger partial charge in [-0.1, -0.05) is 32.5 Å². The van der Waals surface area contributed by atoms with E-state index < -0.39 is 0 Å². The van der Waals surface area contributed by atoms with Crippen LogP contribution in [0.25, 0.3) is 0 Å². The monoisotopic (exact) mass is 374 g/mol. The predicted octanol–water partition coefficient (Wildman–Crippen LogP) is 3.02. The average molecular weight is 375 g/mol. The molecule has 26 heavy (non-hydrogen) atoms. The number of hydrogen-bond donors (Lipinski definition) is 0. The van der Waals surface area contributed by atoms with Crippen molar-refractivity contribution in [2.24, 2.45) is 16.7 Å². The third kappa shape index (κ3) is 2.68. The second kappa shape index (κ2) is 6.20. The molecule has 0 N–H and O–H groups in total. The van der Waals surface area contributed by atoms with E-state index in [0.29, 0.717) is 5.78 Å². The van der Waals surface area contributed by atoms with Gasteiger partial charge in [-0.05, 0) is 37.6 Å². The Kier molecular flexibility index (Phi) is 4.35. The molecule has 1 aliphatic heterocycles. The van der Waals surface area contributed by atoms with Crippen LogP contribution in [-0.2, 0) is 4.79 Å². The fourth-order valence-electron chi connectivity index (χ4n) is 5.06. The summed E-state index contributed by atoms with van der Waals surface area (Å²) in [7, 11) is 2.16. The van der Waals surface area contributed by atoms with Gasteiger partial charge in [-0.2, -0.15) is 0 Å². The van der Waals surface area contributed by atoms with Crippen molar-refractivity contribution >= 4 is 23.4 Å². The third-order valence-electron chi connectivity index (χ3n) is 7.35. The van der Waals surface area contributed by atoms with Crippen LogP contribution in [0.15, 0.2) is 11.2 Å². The molecular formula is C20H30N4OS. The van der Waals surface area contributed by atoms with E-state index in [9.17, 15) is 4.79 Å². The van der Waals surface area contributed by atoms with Crippen LogP contribution >= 0.6 is 11.8 Å². The van der Waals surface area contributed by atoms with E-state index in [1.807, 2.05) is 6.92 Å². The highest BCUT2D eigenvalue weighted by molar-refractivity contribution is 8.00. The van der Waals surface area contributed by atoms with Crippen LogP contribution < -0.4 is 4.90 Å². The van der Waals surface area contributed by atoms with E-state index in [2.05, 4.69) is 48.7 Å². The number of Topliss-reactive ketones (excluding diaryl/α,β-unsaturated/α-hetero) is 1. The van der Waals surface area contributed by atoms with Crippen LogP contribution in [0.5, 0.6) is 0 Å². The maximum Gasteiger partial charge on any atom is 0.190 e. The second-order valence-corrected chi connectivity index (χ2v) is 10.1. The van der Waals surface area contributed by atoms with E-state index in [-0.39, 0.29) is 22.0 Å². The molecule has 2 bridgehead atoms. The molecule has 0 radical (unpaired) electrons. The van der Waals surface area contributed by atoms with Crippen LogP contribution in [0.4, 0.5) is 5.82 Å². The fraction of sp³-hybridized carbons (Fsp3) is 0.750. The number of carbonyl (C=O) groups excluding carboxylic acids is 1. The average Bonchev–Trinajstić information content (AvgIpc) is 2.89. The third-order valence-corrected chi connectivity index (χ3v) is 8.73. The van der Waals surface area contributed by atoms with Gasteiger partial charge in [0.2, 0.25) is 0 Å². The summed E-state index contributed by atoms with van der Waals surface area (Å²) in [6.45, 7) is 13.0. The van der Waals surface area contributed by atoms with Gasteiger partial charge in [0.25, 0.3) is 0 Å². The number of carbonyl (C=O) groups is 1. The van der Waals surface area contributed by atoms with Gasteiger partial charge in [-0.25, -0.2) is 9.97 Å². The number of anilines is 1. The highest BCUT2D eigenvalue weighted by Crippen LogP contribution is 2.67. The van der Waals surface area contributed by atoms with Crippen molar-refractivity contribution in [2.45, 2.75) is 50.9 Å². The van der Waals surface area contributed by atoms with Gasteiger partial charge in [0.15, 0.2) is 5.16 Å². The van der Waals surface area contributed by atoms with E-state index in [1.165, 1.54) is 0 Å². The van der Waals surface area contributed by atoms with Crippen LogP contribution in [0.2, 0.25) is 0 Å². The largest absolute Gasteiger partial charge is 0.354 e. The number of piperazine rings is 1. The zero-order valence-corrected chi connectivity index (χ0v) is 17.4. The first-order valence-electron chi connectivity index (χ1n) is 9.72. The Morgan fingerprint density at radius 3 is 2.46 bits per heavy atom. The van der Waals surface area contributed by atoms with Gasteiger partial charge in [0.05, 0.1) is 5.25 Å². The molecule has 2 heterocycles. The summed E-state index contributed by atoms with van der Waals surface area (Å²) in [5.41, 5.74) is 1.10. The van der Waals surface area contributed by atoms with Gasteiger partial charge in [-0.15, -0.1) is 0 Å². The summed E-state index contributed by atoms with van der Waals surface area (Å²) >= 11 is 1.61. The molecule has 3 fully saturated rings. The molecule has 2 aliphatic carbocycles. The number of hydrogen-bond acceptors (Lipinski definition) is 6. The summed E-state index contributed by atoms with van der Waals surface area (Å²) in [6.07, 6.45) is 2.17. The van der Waals surface area contributed by atoms with Gasteiger partial charge >= 0.3 is 0 Å². The Labute approximate surface area is 160 Å². The van der Waals surface area contributed by atoms with Crippen molar-refractivity contribution in [2.75, 3.05) is 38.1 Å².